The van der Waals surface area contributed by atoms with Crippen molar-refractivity contribution in [2.24, 2.45) is 5.92 Å². The number of carbonyl (C=O) groups excluding carboxylic acids is 3. The van der Waals surface area contributed by atoms with E-state index in [1.54, 1.807) is 17.9 Å². The molecule has 1 atom stereocenters. The summed E-state index contributed by atoms with van der Waals surface area (Å²) in [6, 6.07) is 0. The Balaban J connectivity index is 1.96. The Morgan fingerprint density at radius 3 is 2.89 bits per heavy atom. The van der Waals surface area contributed by atoms with Crippen molar-refractivity contribution in [3.63, 3.8) is 0 Å². The summed E-state index contributed by atoms with van der Waals surface area (Å²) >= 11 is 1.28. The Morgan fingerprint density at radius 2 is 2.22 bits per heavy atom. The van der Waals surface area contributed by atoms with Crippen LogP contribution in [-0.4, -0.2) is 34.0 Å². The fraction of sp³-hybridized carbons (Fsp3) is 0.615. The van der Waals surface area contributed by atoms with Crippen molar-refractivity contribution < 1.29 is 14.4 Å². The van der Waals surface area contributed by atoms with Gasteiger partial charge < -0.3 is 4.90 Å². The van der Waals surface area contributed by atoms with Crippen LogP contribution in [0.1, 0.15) is 32.6 Å². The zero-order chi connectivity index (χ0) is 13.1. The lowest BCUT2D eigenvalue weighted by molar-refractivity contribution is -0.126. The van der Waals surface area contributed by atoms with Gasteiger partial charge in [0, 0.05) is 43.8 Å². The standard InChI is InChI=1S/C13H17NO3S/c1-9(15)18-8-10-5-13(17)14(7-10)11-3-2-4-12(16)6-11/h6,10H,2-5,7-8H2,1H3. The summed E-state index contributed by atoms with van der Waals surface area (Å²) in [5, 5.41) is 0.0907. The maximum absolute atomic E-state index is 11.9. The lowest BCUT2D eigenvalue weighted by Crippen LogP contribution is -2.27. The first kappa shape index (κ1) is 13.3. The first-order valence-electron chi connectivity index (χ1n) is 6.23. The summed E-state index contributed by atoms with van der Waals surface area (Å²) in [5.74, 6) is 1.12. The third kappa shape index (κ3) is 3.22. The highest BCUT2D eigenvalue weighted by molar-refractivity contribution is 8.13. The molecule has 0 radical (unpaired) electrons. The number of nitrogens with zero attached hydrogens (tertiary/aromatic N) is 1. The highest BCUT2D eigenvalue weighted by atomic mass is 32.2. The molecule has 1 amide bonds. The molecule has 2 aliphatic rings. The lowest BCUT2D eigenvalue weighted by Gasteiger charge is -2.22. The van der Waals surface area contributed by atoms with Gasteiger partial charge in [-0.15, -0.1) is 0 Å². The Hall–Kier alpha value is -1.10. The second kappa shape index (κ2) is 5.69. The number of thioether (sulfide) groups is 1. The molecule has 2 rings (SSSR count). The first-order chi connectivity index (χ1) is 8.56. The number of likely N-dealkylation sites (tertiary alicyclic amines) is 1. The molecule has 1 aliphatic heterocycles. The molecule has 4 nitrogen and oxygen atoms in total. The van der Waals surface area contributed by atoms with Gasteiger partial charge in [-0.3, -0.25) is 14.4 Å². The number of amides is 1. The predicted octanol–water partition coefficient (Wildman–Crippen LogP) is 1.75. The minimum absolute atomic E-state index is 0.0881. The van der Waals surface area contributed by atoms with Gasteiger partial charge in [-0.25, -0.2) is 0 Å². The zero-order valence-electron chi connectivity index (χ0n) is 10.5. The number of allylic oxidation sites excluding steroid dienone is 2. The molecule has 0 aromatic carbocycles. The van der Waals surface area contributed by atoms with Crippen molar-refractivity contribution in [3.8, 4) is 0 Å². The number of ketones is 1. The zero-order valence-corrected chi connectivity index (χ0v) is 11.3. The van der Waals surface area contributed by atoms with E-state index < -0.39 is 0 Å². The van der Waals surface area contributed by atoms with Gasteiger partial charge in [0.1, 0.15) is 0 Å². The molecule has 1 unspecified atom stereocenters. The third-order valence-electron chi connectivity index (χ3n) is 3.26. The van der Waals surface area contributed by atoms with Crippen LogP contribution in [0.5, 0.6) is 0 Å². The Bertz CT molecular complexity index is 416. The molecule has 0 saturated carbocycles. The van der Waals surface area contributed by atoms with Crippen LogP contribution in [0.15, 0.2) is 11.8 Å². The van der Waals surface area contributed by atoms with Crippen LogP contribution in [0.3, 0.4) is 0 Å². The molecule has 98 valence electrons. The van der Waals surface area contributed by atoms with Crippen molar-refractivity contribution in [1.29, 1.82) is 0 Å². The van der Waals surface area contributed by atoms with E-state index in [1.807, 2.05) is 0 Å². The van der Waals surface area contributed by atoms with Crippen LogP contribution in [-0.2, 0) is 14.4 Å². The van der Waals surface area contributed by atoms with Crippen molar-refractivity contribution in [2.45, 2.75) is 32.6 Å². The monoisotopic (exact) mass is 267 g/mol. The average molecular weight is 267 g/mol. The molecule has 1 fully saturated rings. The van der Waals surface area contributed by atoms with Crippen molar-refractivity contribution in [2.75, 3.05) is 12.3 Å². The van der Waals surface area contributed by atoms with Gasteiger partial charge in [-0.1, -0.05) is 11.8 Å². The van der Waals surface area contributed by atoms with Crippen LogP contribution in [0, 0.1) is 5.92 Å². The normalized spacial score (nSPS) is 24.4. The van der Waals surface area contributed by atoms with Gasteiger partial charge in [0.2, 0.25) is 5.91 Å². The molecular weight excluding hydrogens is 250 g/mol. The number of rotatable bonds is 3. The smallest absolute Gasteiger partial charge is 0.227 e. The van der Waals surface area contributed by atoms with E-state index >= 15 is 0 Å². The molecular formula is C13H17NO3S. The second-order valence-electron chi connectivity index (χ2n) is 4.83. The predicted molar refractivity (Wildman–Crippen MR) is 69.9 cm³/mol. The second-order valence-corrected chi connectivity index (χ2v) is 6.03. The van der Waals surface area contributed by atoms with Gasteiger partial charge in [0.25, 0.3) is 0 Å². The number of hydrogen-bond acceptors (Lipinski definition) is 4. The van der Waals surface area contributed by atoms with Gasteiger partial charge in [0.05, 0.1) is 0 Å². The Labute approximate surface area is 111 Å². The van der Waals surface area contributed by atoms with Crippen LogP contribution < -0.4 is 0 Å². The van der Waals surface area contributed by atoms with E-state index in [0.717, 1.165) is 18.5 Å². The molecule has 5 heteroatoms. The average Bonchev–Trinajstić information content (AvgIpc) is 2.68. The molecule has 1 aliphatic carbocycles. The van der Waals surface area contributed by atoms with Gasteiger partial charge in [-0.05, 0) is 18.8 Å². The SMILES string of the molecule is CC(=O)SCC1CC(=O)N(C2=CC(=O)CCC2)C1. The van der Waals surface area contributed by atoms with E-state index in [0.29, 0.717) is 25.1 Å². The molecule has 0 N–H and O–H groups in total. The van der Waals surface area contributed by atoms with Crippen molar-refractivity contribution >= 4 is 28.6 Å². The van der Waals surface area contributed by atoms with Crippen LogP contribution in [0.4, 0.5) is 0 Å². The Morgan fingerprint density at radius 1 is 1.44 bits per heavy atom. The number of carbonyl (C=O) groups is 3. The van der Waals surface area contributed by atoms with Crippen molar-refractivity contribution in [1.82, 2.24) is 4.90 Å². The van der Waals surface area contributed by atoms with Crippen LogP contribution in [0.25, 0.3) is 0 Å². The first-order valence-corrected chi connectivity index (χ1v) is 7.22. The fourth-order valence-corrected chi connectivity index (χ4v) is 3.09. The minimum atomic E-state index is 0.0881. The maximum Gasteiger partial charge on any atom is 0.227 e. The summed E-state index contributed by atoms with van der Waals surface area (Å²) in [6.45, 7) is 2.19. The van der Waals surface area contributed by atoms with Gasteiger partial charge in [0.15, 0.2) is 10.9 Å². The van der Waals surface area contributed by atoms with Gasteiger partial charge >= 0.3 is 0 Å². The molecule has 18 heavy (non-hydrogen) atoms. The highest BCUT2D eigenvalue weighted by Crippen LogP contribution is 2.28. The molecule has 0 bridgehead atoms. The van der Waals surface area contributed by atoms with E-state index in [9.17, 15) is 14.4 Å². The molecule has 1 heterocycles. The summed E-state index contributed by atoms with van der Waals surface area (Å²) in [4.78, 5) is 35.9. The molecule has 1 saturated heterocycles. The fourth-order valence-electron chi connectivity index (χ4n) is 2.39. The third-order valence-corrected chi connectivity index (χ3v) is 4.30. The van der Waals surface area contributed by atoms with Crippen molar-refractivity contribution in [3.05, 3.63) is 11.8 Å². The minimum Gasteiger partial charge on any atom is -0.316 e. The summed E-state index contributed by atoms with van der Waals surface area (Å²) in [5.41, 5.74) is 0.867. The topological polar surface area (TPSA) is 54.5 Å². The van der Waals surface area contributed by atoms with E-state index in [-0.39, 0.29) is 22.7 Å². The summed E-state index contributed by atoms with van der Waals surface area (Å²) < 4.78 is 0. The maximum atomic E-state index is 11.9. The molecule has 0 aromatic heterocycles. The highest BCUT2D eigenvalue weighted by Gasteiger charge is 2.32. The summed E-state index contributed by atoms with van der Waals surface area (Å²) in [7, 11) is 0. The van der Waals surface area contributed by atoms with Crippen LogP contribution >= 0.6 is 11.8 Å². The molecule has 0 spiro atoms. The van der Waals surface area contributed by atoms with E-state index in [4.69, 9.17) is 0 Å². The summed E-state index contributed by atoms with van der Waals surface area (Å²) in [6.07, 6.45) is 4.34. The van der Waals surface area contributed by atoms with Gasteiger partial charge in [-0.2, -0.15) is 0 Å². The van der Waals surface area contributed by atoms with E-state index in [1.165, 1.54) is 11.8 Å². The van der Waals surface area contributed by atoms with Crippen LogP contribution in [0.2, 0.25) is 0 Å². The quantitative estimate of drug-likeness (QED) is 0.781. The van der Waals surface area contributed by atoms with E-state index in [2.05, 4.69) is 0 Å². The molecule has 0 aromatic rings. The lowest BCUT2D eigenvalue weighted by atomic mass is 10.0. The number of hydrogen-bond donors (Lipinski definition) is 0. The Kier molecular flexibility index (Phi) is 4.22. The largest absolute Gasteiger partial charge is 0.316 e.